The first kappa shape index (κ1) is 14.9. The molecule has 0 radical (unpaired) electrons. The molecule has 106 valence electrons. The van der Waals surface area contributed by atoms with Crippen LogP contribution in [0.5, 0.6) is 11.5 Å². The van der Waals surface area contributed by atoms with Crippen LogP contribution in [-0.4, -0.2) is 7.05 Å². The van der Waals surface area contributed by atoms with Crippen LogP contribution in [0, 0.1) is 20.8 Å². The molecule has 2 aromatic carbocycles. The van der Waals surface area contributed by atoms with E-state index in [0.717, 1.165) is 27.6 Å². The van der Waals surface area contributed by atoms with Gasteiger partial charge in [0.15, 0.2) is 0 Å². The van der Waals surface area contributed by atoms with Crippen LogP contribution in [-0.2, 0) is 6.54 Å². The number of halogens is 1. The molecular formula is C17H20ClNO. The van der Waals surface area contributed by atoms with Crippen molar-refractivity contribution >= 4 is 11.6 Å². The van der Waals surface area contributed by atoms with Gasteiger partial charge in [-0.3, -0.25) is 0 Å². The number of hydrogen-bond donors (Lipinski definition) is 1. The van der Waals surface area contributed by atoms with Crippen LogP contribution in [0.4, 0.5) is 0 Å². The van der Waals surface area contributed by atoms with Crippen molar-refractivity contribution in [3.63, 3.8) is 0 Å². The van der Waals surface area contributed by atoms with Gasteiger partial charge >= 0.3 is 0 Å². The highest BCUT2D eigenvalue weighted by Crippen LogP contribution is 2.34. The van der Waals surface area contributed by atoms with E-state index in [1.807, 2.05) is 25.2 Å². The van der Waals surface area contributed by atoms with Crippen molar-refractivity contribution in [2.24, 2.45) is 0 Å². The molecule has 0 spiro atoms. The second-order valence-corrected chi connectivity index (χ2v) is 5.41. The molecule has 0 aromatic heterocycles. The molecule has 0 saturated carbocycles. The van der Waals surface area contributed by atoms with E-state index in [1.165, 1.54) is 11.1 Å². The van der Waals surface area contributed by atoms with E-state index in [0.29, 0.717) is 6.54 Å². The molecule has 0 heterocycles. The summed E-state index contributed by atoms with van der Waals surface area (Å²) < 4.78 is 6.16. The van der Waals surface area contributed by atoms with Crippen LogP contribution in [0.15, 0.2) is 30.3 Å². The lowest BCUT2D eigenvalue weighted by molar-refractivity contribution is 0.466. The minimum atomic E-state index is 0.679. The Labute approximate surface area is 125 Å². The average Bonchev–Trinajstić information content (AvgIpc) is 2.43. The molecule has 0 fully saturated rings. The predicted molar refractivity (Wildman–Crippen MR) is 84.9 cm³/mol. The maximum Gasteiger partial charge on any atom is 0.133 e. The van der Waals surface area contributed by atoms with Crippen LogP contribution in [0.25, 0.3) is 0 Å². The van der Waals surface area contributed by atoms with Crippen molar-refractivity contribution in [1.82, 2.24) is 5.32 Å². The lowest BCUT2D eigenvalue weighted by atomic mass is 10.1. The zero-order chi connectivity index (χ0) is 14.7. The minimum Gasteiger partial charge on any atom is -0.456 e. The maximum absolute atomic E-state index is 6.27. The predicted octanol–water partition coefficient (Wildman–Crippen LogP) is 4.78. The Morgan fingerprint density at radius 1 is 1.05 bits per heavy atom. The topological polar surface area (TPSA) is 21.3 Å². The van der Waals surface area contributed by atoms with E-state index in [9.17, 15) is 0 Å². The lowest BCUT2D eigenvalue weighted by Crippen LogP contribution is -2.07. The van der Waals surface area contributed by atoms with E-state index in [4.69, 9.17) is 16.3 Å². The van der Waals surface area contributed by atoms with Crippen LogP contribution < -0.4 is 10.1 Å². The first-order valence-electron chi connectivity index (χ1n) is 6.71. The zero-order valence-electron chi connectivity index (χ0n) is 12.4. The van der Waals surface area contributed by atoms with Crippen molar-refractivity contribution in [2.75, 3.05) is 7.05 Å². The van der Waals surface area contributed by atoms with E-state index in [-0.39, 0.29) is 0 Å². The van der Waals surface area contributed by atoms with Crippen molar-refractivity contribution in [3.8, 4) is 11.5 Å². The molecule has 2 nitrogen and oxygen atoms in total. The highest BCUT2D eigenvalue weighted by molar-refractivity contribution is 6.31. The fraction of sp³-hybridized carbons (Fsp3) is 0.294. The van der Waals surface area contributed by atoms with Crippen LogP contribution >= 0.6 is 11.6 Å². The molecule has 0 saturated heterocycles. The molecule has 2 rings (SSSR count). The minimum absolute atomic E-state index is 0.679. The number of nitrogens with one attached hydrogen (secondary N) is 1. The first-order valence-corrected chi connectivity index (χ1v) is 7.09. The molecule has 0 atom stereocenters. The lowest BCUT2D eigenvalue weighted by Gasteiger charge is -2.17. The monoisotopic (exact) mass is 289 g/mol. The summed E-state index contributed by atoms with van der Waals surface area (Å²) >= 11 is 6.27. The number of aryl methyl sites for hydroxylation is 2. The van der Waals surface area contributed by atoms with Gasteiger partial charge in [0.25, 0.3) is 0 Å². The van der Waals surface area contributed by atoms with Crippen LogP contribution in [0.1, 0.15) is 22.3 Å². The second-order valence-electron chi connectivity index (χ2n) is 5.00. The van der Waals surface area contributed by atoms with Crippen molar-refractivity contribution in [3.05, 3.63) is 57.6 Å². The standard InChI is InChI=1S/C17H20ClNO/c1-11-8-9-12(2)17(13(11)3)20-16-7-5-6-15(18)14(16)10-19-4/h5-9,19H,10H2,1-4H3. The Balaban J connectivity index is 2.45. The van der Waals surface area contributed by atoms with Crippen molar-refractivity contribution in [1.29, 1.82) is 0 Å². The normalized spacial score (nSPS) is 10.7. The molecule has 0 aliphatic rings. The maximum atomic E-state index is 6.27. The fourth-order valence-corrected chi connectivity index (χ4v) is 2.41. The molecule has 0 unspecified atom stereocenters. The van der Waals surface area contributed by atoms with Gasteiger partial charge in [-0.25, -0.2) is 0 Å². The molecule has 0 aliphatic heterocycles. The van der Waals surface area contributed by atoms with Crippen molar-refractivity contribution in [2.45, 2.75) is 27.3 Å². The molecule has 3 heteroatoms. The summed E-state index contributed by atoms with van der Waals surface area (Å²) in [7, 11) is 1.90. The average molecular weight is 290 g/mol. The third-order valence-corrected chi connectivity index (χ3v) is 3.87. The Bertz CT molecular complexity index is 623. The number of ether oxygens (including phenoxy) is 1. The first-order chi connectivity index (χ1) is 9.54. The van der Waals surface area contributed by atoms with Crippen LogP contribution in [0.2, 0.25) is 5.02 Å². The van der Waals surface area contributed by atoms with E-state index >= 15 is 0 Å². The van der Waals surface area contributed by atoms with E-state index in [2.05, 4.69) is 38.2 Å². The van der Waals surface area contributed by atoms with Crippen molar-refractivity contribution < 1.29 is 4.74 Å². The Morgan fingerprint density at radius 3 is 2.45 bits per heavy atom. The summed E-state index contributed by atoms with van der Waals surface area (Å²) in [5.41, 5.74) is 4.50. The van der Waals surface area contributed by atoms with Gasteiger partial charge in [-0.2, -0.15) is 0 Å². The van der Waals surface area contributed by atoms with Gasteiger partial charge in [-0.1, -0.05) is 29.8 Å². The van der Waals surface area contributed by atoms with E-state index in [1.54, 1.807) is 0 Å². The Morgan fingerprint density at radius 2 is 1.75 bits per heavy atom. The summed E-state index contributed by atoms with van der Waals surface area (Å²) in [4.78, 5) is 0. The highest BCUT2D eigenvalue weighted by Gasteiger charge is 2.12. The molecular weight excluding hydrogens is 270 g/mol. The molecule has 1 N–H and O–H groups in total. The SMILES string of the molecule is CNCc1c(Cl)cccc1Oc1c(C)ccc(C)c1C. The summed E-state index contributed by atoms with van der Waals surface area (Å²) in [6.45, 7) is 6.91. The zero-order valence-corrected chi connectivity index (χ0v) is 13.1. The Kier molecular flexibility index (Phi) is 4.69. The molecule has 0 aliphatic carbocycles. The number of hydrogen-bond acceptors (Lipinski definition) is 2. The van der Waals surface area contributed by atoms with Crippen LogP contribution in [0.3, 0.4) is 0 Å². The smallest absolute Gasteiger partial charge is 0.133 e. The molecule has 2 aromatic rings. The fourth-order valence-electron chi connectivity index (χ4n) is 2.18. The molecule has 0 amide bonds. The molecule has 0 bridgehead atoms. The summed E-state index contributed by atoms with van der Waals surface area (Å²) in [6.07, 6.45) is 0. The summed E-state index contributed by atoms with van der Waals surface area (Å²) in [5, 5.41) is 3.85. The quantitative estimate of drug-likeness (QED) is 0.875. The summed E-state index contributed by atoms with van der Waals surface area (Å²) in [5.74, 6) is 1.73. The van der Waals surface area contributed by atoms with Gasteiger partial charge in [-0.15, -0.1) is 0 Å². The van der Waals surface area contributed by atoms with Gasteiger partial charge in [0.2, 0.25) is 0 Å². The number of rotatable bonds is 4. The van der Waals surface area contributed by atoms with Gasteiger partial charge in [-0.05, 0) is 56.6 Å². The third kappa shape index (κ3) is 2.97. The third-order valence-electron chi connectivity index (χ3n) is 3.52. The van der Waals surface area contributed by atoms with Gasteiger partial charge in [0.05, 0.1) is 0 Å². The highest BCUT2D eigenvalue weighted by atomic mass is 35.5. The molecule has 20 heavy (non-hydrogen) atoms. The van der Waals surface area contributed by atoms with Gasteiger partial charge in [0.1, 0.15) is 11.5 Å². The van der Waals surface area contributed by atoms with Gasteiger partial charge < -0.3 is 10.1 Å². The Hall–Kier alpha value is -1.51. The van der Waals surface area contributed by atoms with E-state index < -0.39 is 0 Å². The van der Waals surface area contributed by atoms with Gasteiger partial charge in [0, 0.05) is 17.1 Å². The second kappa shape index (κ2) is 6.29. The number of benzene rings is 2. The summed E-state index contributed by atoms with van der Waals surface area (Å²) in [6, 6.07) is 9.96. The largest absolute Gasteiger partial charge is 0.456 e.